The van der Waals surface area contributed by atoms with Crippen molar-refractivity contribution in [1.82, 2.24) is 9.80 Å². The molecule has 0 spiro atoms. The first-order valence-corrected chi connectivity index (χ1v) is 6.89. The highest BCUT2D eigenvalue weighted by atomic mass is 19.4. The topological polar surface area (TPSA) is 32.8 Å². The average Bonchev–Trinajstić information content (AvgIpc) is 2.49. The van der Waals surface area contributed by atoms with Crippen LogP contribution in [0.2, 0.25) is 0 Å². The number of rotatable bonds is 2. The van der Waals surface area contributed by atoms with Crippen molar-refractivity contribution in [2.45, 2.75) is 45.0 Å². The van der Waals surface area contributed by atoms with E-state index < -0.39 is 30.6 Å². The quantitative estimate of drug-likeness (QED) is 0.735. The van der Waals surface area contributed by atoms with Gasteiger partial charge >= 0.3 is 12.3 Å². The van der Waals surface area contributed by atoms with Crippen LogP contribution < -0.4 is 0 Å². The van der Waals surface area contributed by atoms with Crippen molar-refractivity contribution >= 4 is 6.09 Å². The second-order valence-electron chi connectivity index (χ2n) is 6.04. The monoisotopic (exact) mass is 314 g/mol. The van der Waals surface area contributed by atoms with Gasteiger partial charge < -0.3 is 9.64 Å². The summed E-state index contributed by atoms with van der Waals surface area (Å²) >= 11 is 0. The van der Waals surface area contributed by atoms with E-state index in [1.54, 1.807) is 20.8 Å². The normalized spacial score (nSPS) is 22.0. The van der Waals surface area contributed by atoms with Gasteiger partial charge in [0.15, 0.2) is 0 Å². The van der Waals surface area contributed by atoms with Crippen LogP contribution in [-0.4, -0.2) is 66.6 Å². The van der Waals surface area contributed by atoms with E-state index in [-0.39, 0.29) is 32.6 Å². The Morgan fingerprint density at radius 3 is 2.29 bits per heavy atom. The summed E-state index contributed by atoms with van der Waals surface area (Å²) in [6, 6.07) is -1.72. The third-order valence-electron chi connectivity index (χ3n) is 3.17. The Kier molecular flexibility index (Phi) is 5.83. The molecule has 0 aliphatic carbocycles. The van der Waals surface area contributed by atoms with E-state index in [0.29, 0.717) is 0 Å². The predicted octanol–water partition coefficient (Wildman–Crippen LogP) is 2.83. The molecule has 1 aliphatic heterocycles. The summed E-state index contributed by atoms with van der Waals surface area (Å²) in [7, 11) is 0. The molecule has 1 saturated heterocycles. The van der Waals surface area contributed by atoms with Gasteiger partial charge in [-0.25, -0.2) is 9.18 Å². The molecule has 1 amide bonds. The molecule has 0 aromatic heterocycles. The second-order valence-corrected chi connectivity index (χ2v) is 6.04. The maximum atomic E-state index is 13.0. The molecule has 21 heavy (non-hydrogen) atoms. The van der Waals surface area contributed by atoms with Gasteiger partial charge in [-0.1, -0.05) is 0 Å². The summed E-state index contributed by atoms with van der Waals surface area (Å²) in [5.41, 5.74) is -0.703. The highest BCUT2D eigenvalue weighted by Gasteiger charge is 2.45. The number of hydrogen-bond acceptors (Lipinski definition) is 3. The lowest BCUT2D eigenvalue weighted by molar-refractivity contribution is -0.183. The van der Waals surface area contributed by atoms with E-state index in [9.17, 15) is 22.4 Å². The van der Waals surface area contributed by atoms with Crippen LogP contribution in [0.15, 0.2) is 0 Å². The van der Waals surface area contributed by atoms with Crippen LogP contribution in [0, 0.1) is 0 Å². The number of nitrogens with zero attached hydrogens (tertiary/aromatic N) is 2. The van der Waals surface area contributed by atoms with Gasteiger partial charge in [-0.2, -0.15) is 13.2 Å². The van der Waals surface area contributed by atoms with Crippen LogP contribution in [0.3, 0.4) is 0 Å². The van der Waals surface area contributed by atoms with Crippen LogP contribution in [-0.2, 0) is 4.74 Å². The lowest BCUT2D eigenvalue weighted by atomic mass is 10.1. The molecule has 1 atom stereocenters. The lowest BCUT2D eigenvalue weighted by Crippen LogP contribution is -2.46. The van der Waals surface area contributed by atoms with Crippen molar-refractivity contribution in [3.8, 4) is 0 Å². The van der Waals surface area contributed by atoms with Gasteiger partial charge in [-0.15, -0.1) is 0 Å². The highest BCUT2D eigenvalue weighted by Crippen LogP contribution is 2.29. The molecule has 0 N–H and O–H groups in total. The van der Waals surface area contributed by atoms with E-state index in [1.165, 1.54) is 4.90 Å². The smallest absolute Gasteiger partial charge is 0.410 e. The molecule has 0 aromatic carbocycles. The Labute approximate surface area is 122 Å². The second kappa shape index (κ2) is 6.81. The summed E-state index contributed by atoms with van der Waals surface area (Å²) in [5.74, 6) is 0. The van der Waals surface area contributed by atoms with Crippen molar-refractivity contribution in [2.75, 3.05) is 32.9 Å². The van der Waals surface area contributed by atoms with Crippen LogP contribution in [0.5, 0.6) is 0 Å². The molecule has 8 heteroatoms. The fourth-order valence-electron chi connectivity index (χ4n) is 2.23. The van der Waals surface area contributed by atoms with Crippen LogP contribution in [0.4, 0.5) is 22.4 Å². The Morgan fingerprint density at radius 2 is 1.81 bits per heavy atom. The first-order valence-electron chi connectivity index (χ1n) is 6.89. The zero-order valence-electron chi connectivity index (χ0n) is 12.5. The summed E-state index contributed by atoms with van der Waals surface area (Å²) in [6.07, 6.45) is -5.34. The molecule has 0 radical (unpaired) electrons. The zero-order chi connectivity index (χ0) is 16.3. The molecule has 0 saturated carbocycles. The molecule has 1 aliphatic rings. The number of alkyl halides is 4. The standard InChI is InChI=1S/C13H22F4N2O2/c1-12(2,3)21-11(20)19-6-4-10(13(15,16)17)18(7-5-14)8-9-19/h10H,4-9H2,1-3H3. The van der Waals surface area contributed by atoms with Gasteiger partial charge in [0.1, 0.15) is 18.3 Å². The number of carbonyl (C=O) groups excluding carboxylic acids is 1. The SMILES string of the molecule is CC(C)(C)OC(=O)N1CCC(C(F)(F)F)N(CCF)CC1. The molecule has 4 nitrogen and oxygen atoms in total. The number of hydrogen-bond donors (Lipinski definition) is 0. The Hall–Kier alpha value is -1.05. The summed E-state index contributed by atoms with van der Waals surface area (Å²) in [6.45, 7) is 3.96. The van der Waals surface area contributed by atoms with Crippen LogP contribution in [0.25, 0.3) is 0 Å². The van der Waals surface area contributed by atoms with Gasteiger partial charge in [0.05, 0.1) is 0 Å². The van der Waals surface area contributed by atoms with Crippen molar-refractivity contribution < 1.29 is 27.1 Å². The van der Waals surface area contributed by atoms with Crippen molar-refractivity contribution in [1.29, 1.82) is 0 Å². The van der Waals surface area contributed by atoms with E-state index in [4.69, 9.17) is 4.74 Å². The third-order valence-corrected chi connectivity index (χ3v) is 3.17. The third kappa shape index (κ3) is 5.68. The molecule has 1 rings (SSSR count). The number of halogens is 4. The van der Waals surface area contributed by atoms with Gasteiger partial charge in [-0.05, 0) is 27.2 Å². The highest BCUT2D eigenvalue weighted by molar-refractivity contribution is 5.68. The van der Waals surface area contributed by atoms with Crippen LogP contribution >= 0.6 is 0 Å². The van der Waals surface area contributed by atoms with E-state index in [2.05, 4.69) is 0 Å². The zero-order valence-corrected chi connectivity index (χ0v) is 12.5. The molecule has 124 valence electrons. The maximum Gasteiger partial charge on any atom is 0.410 e. The Balaban J connectivity index is 2.75. The lowest BCUT2D eigenvalue weighted by Gasteiger charge is -2.29. The van der Waals surface area contributed by atoms with E-state index in [1.807, 2.05) is 0 Å². The van der Waals surface area contributed by atoms with E-state index in [0.717, 1.165) is 4.90 Å². The van der Waals surface area contributed by atoms with Gasteiger partial charge in [0.2, 0.25) is 0 Å². The van der Waals surface area contributed by atoms with Gasteiger partial charge in [0, 0.05) is 26.2 Å². The fraction of sp³-hybridized carbons (Fsp3) is 0.923. The predicted molar refractivity (Wildman–Crippen MR) is 69.8 cm³/mol. The summed E-state index contributed by atoms with van der Waals surface area (Å²) in [4.78, 5) is 14.2. The minimum atomic E-state index is -4.43. The molecule has 1 fully saturated rings. The fourth-order valence-corrected chi connectivity index (χ4v) is 2.23. The van der Waals surface area contributed by atoms with Crippen molar-refractivity contribution in [3.05, 3.63) is 0 Å². The van der Waals surface area contributed by atoms with E-state index >= 15 is 0 Å². The van der Waals surface area contributed by atoms with Gasteiger partial charge in [-0.3, -0.25) is 4.90 Å². The summed E-state index contributed by atoms with van der Waals surface area (Å²) < 4.78 is 56.6. The number of ether oxygens (including phenoxy) is 1. The molecular weight excluding hydrogens is 292 g/mol. The largest absolute Gasteiger partial charge is 0.444 e. The van der Waals surface area contributed by atoms with Gasteiger partial charge in [0.25, 0.3) is 0 Å². The molecular formula is C13H22F4N2O2. The molecule has 1 heterocycles. The minimum absolute atomic E-state index is 0.0205. The average molecular weight is 314 g/mol. The summed E-state index contributed by atoms with van der Waals surface area (Å²) in [5, 5.41) is 0. The van der Waals surface area contributed by atoms with Crippen molar-refractivity contribution in [3.63, 3.8) is 0 Å². The first-order chi connectivity index (χ1) is 9.54. The van der Waals surface area contributed by atoms with Crippen LogP contribution in [0.1, 0.15) is 27.2 Å². The number of carbonyl (C=O) groups is 1. The Morgan fingerprint density at radius 1 is 1.19 bits per heavy atom. The first kappa shape index (κ1) is 18.0. The van der Waals surface area contributed by atoms with Crippen molar-refractivity contribution in [2.24, 2.45) is 0 Å². The molecule has 1 unspecified atom stereocenters. The maximum absolute atomic E-state index is 13.0. The Bertz CT molecular complexity index is 355. The number of amides is 1. The molecule has 0 bridgehead atoms. The minimum Gasteiger partial charge on any atom is -0.444 e. The molecule has 0 aromatic rings.